The molecule has 3 N–H and O–H groups in total. The van der Waals surface area contributed by atoms with Gasteiger partial charge in [0.25, 0.3) is 0 Å². The number of carbonyl (C=O) groups excluding carboxylic acids is 1. The van der Waals surface area contributed by atoms with E-state index in [-0.39, 0.29) is 48.3 Å². The first kappa shape index (κ1) is 19.6. The predicted octanol–water partition coefficient (Wildman–Crippen LogP) is 1.73. The lowest BCUT2D eigenvalue weighted by Crippen LogP contribution is -2.43. The van der Waals surface area contributed by atoms with E-state index < -0.39 is 0 Å². The van der Waals surface area contributed by atoms with Gasteiger partial charge < -0.3 is 20.7 Å². The smallest absolute Gasteiger partial charge is 0.243 e. The number of anilines is 1. The van der Waals surface area contributed by atoms with Crippen LogP contribution < -0.4 is 16.0 Å². The zero-order chi connectivity index (χ0) is 15.8. The summed E-state index contributed by atoms with van der Waals surface area (Å²) in [4.78, 5) is 15.8. The summed E-state index contributed by atoms with van der Waals surface area (Å²) in [5, 5.41) is 8.63. The number of nitrogens with zero attached hydrogens (tertiary/aromatic N) is 1. The van der Waals surface area contributed by atoms with Crippen molar-refractivity contribution in [3.05, 3.63) is 30.1 Å². The van der Waals surface area contributed by atoms with Gasteiger partial charge in [-0.25, -0.2) is 4.39 Å². The molecule has 0 saturated carbocycles. The summed E-state index contributed by atoms with van der Waals surface area (Å²) in [6.45, 7) is 1.50. The quantitative estimate of drug-likeness (QED) is 0.374. The summed E-state index contributed by atoms with van der Waals surface area (Å²) in [7, 11) is 1.63. The van der Waals surface area contributed by atoms with E-state index in [9.17, 15) is 9.18 Å². The van der Waals surface area contributed by atoms with Crippen LogP contribution in [0.25, 0.3) is 0 Å². The van der Waals surface area contributed by atoms with Gasteiger partial charge in [-0.1, -0.05) is 6.07 Å². The Morgan fingerprint density at radius 2 is 2.26 bits per heavy atom. The largest absolute Gasteiger partial charge is 0.376 e. The van der Waals surface area contributed by atoms with Gasteiger partial charge in [-0.15, -0.1) is 24.0 Å². The van der Waals surface area contributed by atoms with Gasteiger partial charge in [0.2, 0.25) is 5.91 Å². The average molecular weight is 436 g/mol. The Hall–Kier alpha value is -1.42. The molecule has 1 amide bonds. The predicted molar refractivity (Wildman–Crippen MR) is 98.8 cm³/mol. The van der Waals surface area contributed by atoms with E-state index in [2.05, 4.69) is 20.9 Å². The molecule has 0 bridgehead atoms. The number of hydrogen-bond acceptors (Lipinski definition) is 3. The van der Waals surface area contributed by atoms with Crippen molar-refractivity contribution in [2.75, 3.05) is 32.1 Å². The number of hydrogen-bond donors (Lipinski definition) is 3. The third-order valence-electron chi connectivity index (χ3n) is 3.27. The molecule has 1 unspecified atom stereocenters. The molecule has 1 aromatic carbocycles. The van der Waals surface area contributed by atoms with E-state index in [4.69, 9.17) is 4.74 Å². The van der Waals surface area contributed by atoms with E-state index >= 15 is 0 Å². The molecule has 1 aromatic rings. The van der Waals surface area contributed by atoms with E-state index in [0.717, 1.165) is 19.4 Å². The Morgan fingerprint density at radius 1 is 1.43 bits per heavy atom. The molecule has 1 heterocycles. The lowest BCUT2D eigenvalue weighted by atomic mass is 10.2. The molecule has 0 spiro atoms. The van der Waals surface area contributed by atoms with Crippen molar-refractivity contribution in [2.45, 2.75) is 18.9 Å². The number of carbonyl (C=O) groups is 1. The van der Waals surface area contributed by atoms with Crippen molar-refractivity contribution < 1.29 is 13.9 Å². The first-order chi connectivity index (χ1) is 10.7. The van der Waals surface area contributed by atoms with Crippen molar-refractivity contribution in [3.63, 3.8) is 0 Å². The summed E-state index contributed by atoms with van der Waals surface area (Å²) >= 11 is 0. The van der Waals surface area contributed by atoms with Crippen LogP contribution in [0.4, 0.5) is 10.1 Å². The van der Waals surface area contributed by atoms with Gasteiger partial charge in [0, 0.05) is 25.9 Å². The third kappa shape index (κ3) is 7.12. The SMILES string of the molecule is CN=C(NCC(=O)Nc1cccc(F)c1)NCC1CCCO1.I. The van der Waals surface area contributed by atoms with Crippen LogP contribution in [0, 0.1) is 5.82 Å². The van der Waals surface area contributed by atoms with Crippen LogP contribution >= 0.6 is 24.0 Å². The number of amides is 1. The fourth-order valence-corrected chi connectivity index (χ4v) is 2.17. The molecule has 6 nitrogen and oxygen atoms in total. The number of guanidine groups is 1. The molecule has 1 aliphatic rings. The summed E-state index contributed by atoms with van der Waals surface area (Å²) in [5.74, 6) is -0.129. The van der Waals surface area contributed by atoms with Gasteiger partial charge in [-0.3, -0.25) is 9.79 Å². The van der Waals surface area contributed by atoms with Gasteiger partial charge in [-0.05, 0) is 31.0 Å². The Balaban J connectivity index is 0.00000264. The van der Waals surface area contributed by atoms with E-state index in [0.29, 0.717) is 18.2 Å². The normalized spacial score (nSPS) is 17.3. The van der Waals surface area contributed by atoms with Crippen LogP contribution in [0.5, 0.6) is 0 Å². The second-order valence-electron chi connectivity index (χ2n) is 5.00. The molecule has 23 heavy (non-hydrogen) atoms. The maximum atomic E-state index is 13.0. The molecule has 128 valence electrons. The second-order valence-corrected chi connectivity index (χ2v) is 5.00. The zero-order valence-corrected chi connectivity index (χ0v) is 15.3. The number of rotatable bonds is 5. The van der Waals surface area contributed by atoms with Crippen molar-refractivity contribution >= 4 is 41.5 Å². The van der Waals surface area contributed by atoms with Crippen LogP contribution in [0.3, 0.4) is 0 Å². The maximum absolute atomic E-state index is 13.0. The lowest BCUT2D eigenvalue weighted by Gasteiger charge is -2.15. The van der Waals surface area contributed by atoms with Crippen molar-refractivity contribution in [3.8, 4) is 0 Å². The molecule has 8 heteroatoms. The number of benzene rings is 1. The highest BCUT2D eigenvalue weighted by Crippen LogP contribution is 2.10. The molecule has 0 radical (unpaired) electrons. The van der Waals surface area contributed by atoms with Gasteiger partial charge >= 0.3 is 0 Å². The minimum Gasteiger partial charge on any atom is -0.376 e. The van der Waals surface area contributed by atoms with E-state index in [1.807, 2.05) is 0 Å². The molecule has 1 fully saturated rings. The fourth-order valence-electron chi connectivity index (χ4n) is 2.17. The maximum Gasteiger partial charge on any atom is 0.243 e. The zero-order valence-electron chi connectivity index (χ0n) is 13.0. The minimum atomic E-state index is -0.389. The summed E-state index contributed by atoms with van der Waals surface area (Å²) in [6, 6.07) is 5.76. The molecule has 0 aromatic heterocycles. The highest BCUT2D eigenvalue weighted by molar-refractivity contribution is 14.0. The summed E-state index contributed by atoms with van der Waals surface area (Å²) in [6.07, 6.45) is 2.30. The molecular formula is C15H22FIN4O2. The van der Waals surface area contributed by atoms with Crippen LogP contribution in [0.15, 0.2) is 29.3 Å². The molecular weight excluding hydrogens is 414 g/mol. The topological polar surface area (TPSA) is 74.8 Å². The number of nitrogens with one attached hydrogen (secondary N) is 3. The highest BCUT2D eigenvalue weighted by Gasteiger charge is 2.15. The lowest BCUT2D eigenvalue weighted by molar-refractivity contribution is -0.115. The Bertz CT molecular complexity index is 536. The average Bonchev–Trinajstić information content (AvgIpc) is 3.01. The van der Waals surface area contributed by atoms with Crippen LogP contribution in [0.1, 0.15) is 12.8 Å². The van der Waals surface area contributed by atoms with Crippen molar-refractivity contribution in [2.24, 2.45) is 4.99 Å². The number of ether oxygens (including phenoxy) is 1. The summed E-state index contributed by atoms with van der Waals surface area (Å²) < 4.78 is 18.5. The standard InChI is InChI=1S/C15H21FN4O2.HI/c1-17-15(18-9-13-6-3-7-22-13)19-10-14(21)20-12-5-2-4-11(16)8-12;/h2,4-5,8,13H,3,6-7,9-10H2,1H3,(H,20,21)(H2,17,18,19);1H. The molecule has 1 atom stereocenters. The first-order valence-corrected chi connectivity index (χ1v) is 7.29. The van der Waals surface area contributed by atoms with Crippen LogP contribution in [-0.2, 0) is 9.53 Å². The Labute approximate surface area is 152 Å². The Morgan fingerprint density at radius 3 is 2.91 bits per heavy atom. The second kappa shape index (κ2) is 10.4. The number of aliphatic imine (C=N–C) groups is 1. The number of halogens is 2. The van der Waals surface area contributed by atoms with Gasteiger partial charge in [0.15, 0.2) is 5.96 Å². The fraction of sp³-hybridized carbons (Fsp3) is 0.467. The molecule has 0 aliphatic carbocycles. The first-order valence-electron chi connectivity index (χ1n) is 7.29. The molecule has 1 saturated heterocycles. The summed E-state index contributed by atoms with van der Waals surface area (Å²) in [5.41, 5.74) is 0.425. The molecule has 1 aliphatic heterocycles. The van der Waals surface area contributed by atoms with Gasteiger partial charge in [0.1, 0.15) is 5.82 Å². The van der Waals surface area contributed by atoms with Crippen LogP contribution in [0.2, 0.25) is 0 Å². The highest BCUT2D eigenvalue weighted by atomic mass is 127. The Kier molecular flexibility index (Phi) is 8.85. The van der Waals surface area contributed by atoms with Gasteiger partial charge in [0.05, 0.1) is 12.6 Å². The monoisotopic (exact) mass is 436 g/mol. The minimum absolute atomic E-state index is 0. The van der Waals surface area contributed by atoms with Crippen molar-refractivity contribution in [1.29, 1.82) is 0 Å². The van der Waals surface area contributed by atoms with E-state index in [1.54, 1.807) is 19.2 Å². The van der Waals surface area contributed by atoms with E-state index in [1.165, 1.54) is 12.1 Å². The third-order valence-corrected chi connectivity index (χ3v) is 3.27. The van der Waals surface area contributed by atoms with Crippen LogP contribution in [-0.4, -0.2) is 44.7 Å². The van der Waals surface area contributed by atoms with Crippen molar-refractivity contribution in [1.82, 2.24) is 10.6 Å². The molecule has 2 rings (SSSR count). The van der Waals surface area contributed by atoms with Gasteiger partial charge in [-0.2, -0.15) is 0 Å².